The van der Waals surface area contributed by atoms with Gasteiger partial charge in [-0.15, -0.1) is 11.3 Å². The summed E-state index contributed by atoms with van der Waals surface area (Å²) in [6.45, 7) is 5.28. The third-order valence-electron chi connectivity index (χ3n) is 5.95. The molecule has 0 fully saturated rings. The zero-order valence-corrected chi connectivity index (χ0v) is 22.0. The van der Waals surface area contributed by atoms with Gasteiger partial charge in [0.1, 0.15) is 29.0 Å². The lowest BCUT2D eigenvalue weighted by Gasteiger charge is -2.17. The van der Waals surface area contributed by atoms with E-state index in [9.17, 15) is 32.0 Å². The van der Waals surface area contributed by atoms with Crippen LogP contribution in [0.2, 0.25) is 0 Å². The van der Waals surface area contributed by atoms with Crippen molar-refractivity contribution in [2.45, 2.75) is 46.0 Å². The van der Waals surface area contributed by atoms with Crippen molar-refractivity contribution in [3.8, 4) is 32.8 Å². The molecule has 10 heteroatoms. The Balaban J connectivity index is 1.91. The summed E-state index contributed by atoms with van der Waals surface area (Å²) in [6.07, 6.45) is -4.31. The molecule has 39 heavy (non-hydrogen) atoms. The highest BCUT2D eigenvalue weighted by atomic mass is 32.1. The molecule has 4 rings (SSSR count). The lowest BCUT2D eigenvalue weighted by Crippen LogP contribution is -2.28. The van der Waals surface area contributed by atoms with E-state index in [0.717, 1.165) is 51.7 Å². The molecule has 0 spiro atoms. The van der Waals surface area contributed by atoms with Crippen LogP contribution < -0.4 is 10.3 Å². The lowest BCUT2D eigenvalue weighted by molar-refractivity contribution is -0.137. The second-order valence-electron chi connectivity index (χ2n) is 9.10. The number of pyridine rings is 1. The molecule has 0 saturated heterocycles. The molecule has 0 radical (unpaired) electrons. The van der Waals surface area contributed by atoms with Crippen LogP contribution >= 0.6 is 11.3 Å². The highest BCUT2D eigenvalue weighted by Gasteiger charge is 2.37. The monoisotopic (exact) mass is 558 g/mol. The van der Waals surface area contributed by atoms with Crippen LogP contribution in [0.1, 0.15) is 43.0 Å². The number of halogens is 5. The summed E-state index contributed by atoms with van der Waals surface area (Å²) in [6, 6.07) is 13.8. The van der Waals surface area contributed by atoms with Crippen LogP contribution in [0.4, 0.5) is 22.0 Å². The highest BCUT2D eigenvalue weighted by Crippen LogP contribution is 2.39. The minimum atomic E-state index is -4.97. The first-order chi connectivity index (χ1) is 18.4. The van der Waals surface area contributed by atoms with Gasteiger partial charge in [-0.05, 0) is 67.8 Å². The van der Waals surface area contributed by atoms with Crippen molar-refractivity contribution in [3.63, 3.8) is 0 Å². The van der Waals surface area contributed by atoms with Crippen molar-refractivity contribution in [2.24, 2.45) is 0 Å². The fourth-order valence-corrected chi connectivity index (χ4v) is 5.16. The summed E-state index contributed by atoms with van der Waals surface area (Å²) in [5, 5.41) is 9.40. The van der Waals surface area contributed by atoms with Gasteiger partial charge in [0.25, 0.3) is 5.56 Å². The minimum Gasteiger partial charge on any atom is -0.491 e. The van der Waals surface area contributed by atoms with Gasteiger partial charge >= 0.3 is 6.18 Å². The summed E-state index contributed by atoms with van der Waals surface area (Å²) in [7, 11) is 0. The van der Waals surface area contributed by atoms with Gasteiger partial charge in [0, 0.05) is 16.5 Å². The Morgan fingerprint density at radius 1 is 1.03 bits per heavy atom. The number of aryl methyl sites for hydroxylation is 1. The van der Waals surface area contributed by atoms with Gasteiger partial charge in [0.15, 0.2) is 0 Å². The van der Waals surface area contributed by atoms with E-state index in [4.69, 9.17) is 4.74 Å². The van der Waals surface area contributed by atoms with Gasteiger partial charge in [-0.2, -0.15) is 18.4 Å². The lowest BCUT2D eigenvalue weighted by atomic mass is 10.1. The Kier molecular flexibility index (Phi) is 7.93. The number of ether oxygens (including phenoxy) is 1. The quantitative estimate of drug-likeness (QED) is 0.218. The van der Waals surface area contributed by atoms with E-state index in [1.807, 2.05) is 39.0 Å². The number of alkyl halides is 3. The van der Waals surface area contributed by atoms with Crippen LogP contribution in [0.5, 0.6) is 5.75 Å². The predicted octanol–water partition coefficient (Wildman–Crippen LogP) is 7.81. The van der Waals surface area contributed by atoms with Gasteiger partial charge in [-0.1, -0.05) is 19.1 Å². The Morgan fingerprint density at radius 3 is 2.36 bits per heavy atom. The fourth-order valence-electron chi connectivity index (χ4n) is 4.14. The Hall–Kier alpha value is -3.97. The third-order valence-corrected chi connectivity index (χ3v) is 7.11. The van der Waals surface area contributed by atoms with E-state index in [-0.39, 0.29) is 17.4 Å². The topological polar surface area (TPSA) is 55.0 Å². The smallest absolute Gasteiger partial charge is 0.417 e. The molecule has 0 atom stereocenters. The molecule has 0 aliphatic heterocycles. The minimum absolute atomic E-state index is 0.0652. The maximum absolute atomic E-state index is 14.5. The zero-order chi connectivity index (χ0) is 28.5. The first-order valence-electron chi connectivity index (χ1n) is 12.0. The van der Waals surface area contributed by atoms with E-state index >= 15 is 0 Å². The van der Waals surface area contributed by atoms with Crippen LogP contribution in [0.15, 0.2) is 59.4 Å². The van der Waals surface area contributed by atoms with E-state index in [1.54, 1.807) is 12.1 Å². The Bertz CT molecular complexity index is 1630. The van der Waals surface area contributed by atoms with Crippen LogP contribution in [-0.4, -0.2) is 10.7 Å². The summed E-state index contributed by atoms with van der Waals surface area (Å²) in [4.78, 5) is 14.2. The molecule has 0 bridgehead atoms. The number of nitrogens with zero attached hydrogens (tertiary/aromatic N) is 2. The number of benzene rings is 2. The van der Waals surface area contributed by atoms with E-state index < -0.39 is 41.0 Å². The van der Waals surface area contributed by atoms with Gasteiger partial charge in [-0.3, -0.25) is 4.79 Å². The molecular weight excluding hydrogens is 535 g/mol. The van der Waals surface area contributed by atoms with Gasteiger partial charge in [0.05, 0.1) is 28.8 Å². The highest BCUT2D eigenvalue weighted by molar-refractivity contribution is 7.18. The maximum Gasteiger partial charge on any atom is 0.417 e. The van der Waals surface area contributed by atoms with E-state index in [1.165, 1.54) is 6.07 Å². The van der Waals surface area contributed by atoms with Crippen LogP contribution in [0.3, 0.4) is 0 Å². The maximum atomic E-state index is 14.5. The van der Waals surface area contributed by atoms with Crippen molar-refractivity contribution < 1.29 is 26.7 Å². The van der Waals surface area contributed by atoms with Crippen molar-refractivity contribution in [3.05, 3.63) is 98.8 Å². The number of thiophene rings is 1. The first kappa shape index (κ1) is 28.0. The largest absolute Gasteiger partial charge is 0.491 e. The van der Waals surface area contributed by atoms with Crippen molar-refractivity contribution in [1.29, 1.82) is 5.26 Å². The number of rotatable bonds is 7. The van der Waals surface area contributed by atoms with Gasteiger partial charge in [-0.25, -0.2) is 8.78 Å². The molecule has 4 nitrogen and oxygen atoms in total. The van der Waals surface area contributed by atoms with E-state index in [0.29, 0.717) is 21.6 Å². The second-order valence-corrected chi connectivity index (χ2v) is 10.2. The number of hydrogen-bond donors (Lipinski definition) is 0. The summed E-state index contributed by atoms with van der Waals surface area (Å²) < 4.78 is 76.3. The van der Waals surface area contributed by atoms with Gasteiger partial charge in [0.2, 0.25) is 0 Å². The van der Waals surface area contributed by atoms with Crippen molar-refractivity contribution >= 4 is 11.3 Å². The molecule has 0 unspecified atom stereocenters. The van der Waals surface area contributed by atoms with Crippen LogP contribution in [-0.2, 0) is 19.1 Å². The zero-order valence-electron chi connectivity index (χ0n) is 21.2. The first-order valence-corrected chi connectivity index (χ1v) is 12.8. The Morgan fingerprint density at radius 2 is 1.74 bits per heavy atom. The standard InChI is InChI=1S/C29H23F5N2O2S/c1-4-17-9-19(11-21(10-17)38-16(2)3)26-7-8-27(39-26)25-13-23(29(32,33)34)22(14-35)28(37)36(25)15-18-5-6-20(30)12-24(18)31/h5-13,16H,4,15H2,1-3H3. The average Bonchev–Trinajstić information content (AvgIpc) is 3.35. The van der Waals surface area contributed by atoms with E-state index in [2.05, 4.69) is 0 Å². The predicted molar refractivity (Wildman–Crippen MR) is 140 cm³/mol. The molecule has 2 aromatic carbocycles. The summed E-state index contributed by atoms with van der Waals surface area (Å²) in [5.74, 6) is -1.16. The molecule has 4 aromatic rings. The van der Waals surface area contributed by atoms with Crippen LogP contribution in [0.25, 0.3) is 21.0 Å². The average molecular weight is 559 g/mol. The SMILES string of the molecule is CCc1cc(OC(C)C)cc(-c2ccc(-c3cc(C(F)(F)F)c(C#N)c(=O)n3Cc3ccc(F)cc3F)s2)c1. The molecule has 0 N–H and O–H groups in total. The second kappa shape index (κ2) is 11.0. The molecule has 2 heterocycles. The molecule has 202 valence electrons. The van der Waals surface area contributed by atoms with Crippen LogP contribution in [0, 0.1) is 23.0 Å². The number of aromatic nitrogens is 1. The summed E-state index contributed by atoms with van der Waals surface area (Å²) >= 11 is 1.14. The van der Waals surface area contributed by atoms with Crippen molar-refractivity contribution in [1.82, 2.24) is 4.57 Å². The van der Waals surface area contributed by atoms with Crippen molar-refractivity contribution in [2.75, 3.05) is 0 Å². The molecule has 2 aromatic heterocycles. The number of hydrogen-bond acceptors (Lipinski definition) is 4. The van der Waals surface area contributed by atoms with Gasteiger partial charge < -0.3 is 9.30 Å². The third kappa shape index (κ3) is 6.04. The summed E-state index contributed by atoms with van der Waals surface area (Å²) in [5.41, 5.74) is -2.18. The fraction of sp³-hybridized carbons (Fsp3) is 0.241. The number of nitriles is 1. The Labute approximate surface area is 225 Å². The molecule has 0 aliphatic rings. The molecule has 0 saturated carbocycles. The molecular formula is C29H23F5N2O2S. The normalized spacial score (nSPS) is 11.6. The molecule has 0 amide bonds. The molecule has 0 aliphatic carbocycles.